The van der Waals surface area contributed by atoms with Crippen LogP contribution in [0.5, 0.6) is 0 Å². The fraction of sp³-hybridized carbons (Fsp3) is 0.357. The Labute approximate surface area is 122 Å². The molecule has 3 nitrogen and oxygen atoms in total. The number of rotatable bonds is 3. The van der Waals surface area contributed by atoms with Gasteiger partial charge in [0.2, 0.25) is 0 Å². The van der Waals surface area contributed by atoms with Crippen LogP contribution in [0, 0.1) is 13.8 Å². The highest BCUT2D eigenvalue weighted by molar-refractivity contribution is 6.31. The molecule has 19 heavy (non-hydrogen) atoms. The van der Waals surface area contributed by atoms with E-state index in [-0.39, 0.29) is 0 Å². The molecule has 0 aliphatic carbocycles. The maximum atomic E-state index is 10.3. The van der Waals surface area contributed by atoms with Gasteiger partial charge in [0, 0.05) is 24.1 Å². The fourth-order valence-electron chi connectivity index (χ4n) is 2.11. The Balaban J connectivity index is 2.28. The Morgan fingerprint density at radius 3 is 2.53 bits per heavy atom. The Morgan fingerprint density at radius 2 is 2.00 bits per heavy atom. The van der Waals surface area contributed by atoms with Gasteiger partial charge < -0.3 is 5.11 Å². The fourth-order valence-corrected chi connectivity index (χ4v) is 2.72. The lowest BCUT2D eigenvalue weighted by Crippen LogP contribution is -2.04. The van der Waals surface area contributed by atoms with E-state index >= 15 is 0 Å². The molecule has 0 fully saturated rings. The first-order valence-electron chi connectivity index (χ1n) is 6.02. The topological polar surface area (TPSA) is 38.1 Å². The van der Waals surface area contributed by atoms with Crippen LogP contribution < -0.4 is 0 Å². The van der Waals surface area contributed by atoms with Gasteiger partial charge in [-0.1, -0.05) is 35.3 Å². The highest BCUT2D eigenvalue weighted by atomic mass is 35.5. The molecule has 0 bridgehead atoms. The van der Waals surface area contributed by atoms with Crippen LogP contribution in [0.25, 0.3) is 0 Å². The number of nitrogens with zero attached hydrogens (tertiary/aromatic N) is 2. The third kappa shape index (κ3) is 2.94. The zero-order valence-electron chi connectivity index (χ0n) is 11.1. The smallest absolute Gasteiger partial charge is 0.130 e. The van der Waals surface area contributed by atoms with E-state index < -0.39 is 6.10 Å². The SMILES string of the molecule is Cc1ccc(C(O)Cc2c(C)nn(C)c2Cl)c(Cl)c1. The molecule has 0 radical (unpaired) electrons. The second-order valence-corrected chi connectivity index (χ2v) is 5.49. The van der Waals surface area contributed by atoms with Crippen LogP contribution >= 0.6 is 23.2 Å². The van der Waals surface area contributed by atoms with E-state index in [0.717, 1.165) is 16.8 Å². The molecule has 0 spiro atoms. The number of hydrogen-bond donors (Lipinski definition) is 1. The normalized spacial score (nSPS) is 12.7. The average Bonchev–Trinajstić information content (AvgIpc) is 2.56. The third-order valence-corrected chi connectivity index (χ3v) is 3.98. The standard InChI is InChI=1S/C14H16Cl2N2O/c1-8-4-5-10(12(15)6-8)13(19)7-11-9(2)17-18(3)14(11)16/h4-6,13,19H,7H2,1-3H3. The summed E-state index contributed by atoms with van der Waals surface area (Å²) in [6, 6.07) is 5.63. The second-order valence-electron chi connectivity index (χ2n) is 4.72. The second kappa shape index (κ2) is 5.53. The molecule has 1 heterocycles. The van der Waals surface area contributed by atoms with Crippen LogP contribution in [0.4, 0.5) is 0 Å². The summed E-state index contributed by atoms with van der Waals surface area (Å²) < 4.78 is 1.61. The first-order chi connectivity index (χ1) is 8.90. The van der Waals surface area contributed by atoms with Gasteiger partial charge in [-0.05, 0) is 31.0 Å². The van der Waals surface area contributed by atoms with Crippen molar-refractivity contribution in [3.8, 4) is 0 Å². The van der Waals surface area contributed by atoms with E-state index in [2.05, 4.69) is 5.10 Å². The number of benzene rings is 1. The summed E-state index contributed by atoms with van der Waals surface area (Å²) in [5, 5.41) is 15.7. The maximum Gasteiger partial charge on any atom is 0.130 e. The van der Waals surface area contributed by atoms with Crippen LogP contribution in [-0.2, 0) is 13.5 Å². The van der Waals surface area contributed by atoms with Gasteiger partial charge in [-0.15, -0.1) is 0 Å². The quantitative estimate of drug-likeness (QED) is 0.940. The first kappa shape index (κ1) is 14.4. The van der Waals surface area contributed by atoms with Gasteiger partial charge in [0.1, 0.15) is 5.15 Å². The van der Waals surface area contributed by atoms with E-state index in [4.69, 9.17) is 23.2 Å². The minimum absolute atomic E-state index is 0.404. The van der Waals surface area contributed by atoms with Crippen molar-refractivity contribution in [3.63, 3.8) is 0 Å². The monoisotopic (exact) mass is 298 g/mol. The molecule has 2 aromatic rings. The van der Waals surface area contributed by atoms with Gasteiger partial charge in [0.15, 0.2) is 0 Å². The molecule has 0 saturated carbocycles. The lowest BCUT2D eigenvalue weighted by atomic mass is 10.0. The van der Waals surface area contributed by atoms with Crippen molar-refractivity contribution < 1.29 is 5.11 Å². The first-order valence-corrected chi connectivity index (χ1v) is 6.78. The molecule has 5 heteroatoms. The van der Waals surface area contributed by atoms with Crippen molar-refractivity contribution in [3.05, 3.63) is 50.8 Å². The van der Waals surface area contributed by atoms with Gasteiger partial charge in [-0.3, -0.25) is 4.68 Å². The summed E-state index contributed by atoms with van der Waals surface area (Å²) in [6.45, 7) is 3.84. The Bertz CT molecular complexity index is 608. The molecule has 1 aromatic heterocycles. The largest absolute Gasteiger partial charge is 0.388 e. The summed E-state index contributed by atoms with van der Waals surface area (Å²) in [5.74, 6) is 0. The van der Waals surface area contributed by atoms with Crippen LogP contribution in [-0.4, -0.2) is 14.9 Å². The predicted molar refractivity (Wildman–Crippen MR) is 77.8 cm³/mol. The predicted octanol–water partition coefficient (Wildman–Crippen LogP) is 3.62. The lowest BCUT2D eigenvalue weighted by Gasteiger charge is -2.13. The molecular weight excluding hydrogens is 283 g/mol. The number of hydrogen-bond acceptors (Lipinski definition) is 2. The molecule has 0 aliphatic heterocycles. The van der Waals surface area contributed by atoms with Gasteiger partial charge in [0.25, 0.3) is 0 Å². The van der Waals surface area contributed by atoms with Crippen LogP contribution in [0.2, 0.25) is 10.2 Å². The van der Waals surface area contributed by atoms with Gasteiger partial charge in [0.05, 0.1) is 11.8 Å². The Hall–Kier alpha value is -1.03. The molecule has 0 amide bonds. The van der Waals surface area contributed by atoms with Crippen molar-refractivity contribution in [2.24, 2.45) is 7.05 Å². The summed E-state index contributed by atoms with van der Waals surface area (Å²) in [7, 11) is 1.78. The molecule has 1 aromatic carbocycles. The van der Waals surface area contributed by atoms with E-state index in [1.54, 1.807) is 11.7 Å². The van der Waals surface area contributed by atoms with Crippen LogP contribution in [0.3, 0.4) is 0 Å². The molecule has 2 rings (SSSR count). The third-order valence-electron chi connectivity index (χ3n) is 3.18. The number of aliphatic hydroxyl groups is 1. The van der Waals surface area contributed by atoms with Gasteiger partial charge in [-0.2, -0.15) is 5.10 Å². The number of halogens is 2. The summed E-state index contributed by atoms with van der Waals surface area (Å²) in [6.07, 6.45) is -0.283. The highest BCUT2D eigenvalue weighted by Gasteiger charge is 2.18. The molecule has 0 aliphatic rings. The van der Waals surface area contributed by atoms with Crippen molar-refractivity contribution in [2.75, 3.05) is 0 Å². The van der Waals surface area contributed by atoms with E-state index in [1.807, 2.05) is 32.0 Å². The summed E-state index contributed by atoms with van der Waals surface area (Å²) in [5.41, 5.74) is 3.46. The van der Waals surface area contributed by atoms with Crippen LogP contribution in [0.15, 0.2) is 18.2 Å². The lowest BCUT2D eigenvalue weighted by molar-refractivity contribution is 0.178. The number of aromatic nitrogens is 2. The number of aliphatic hydroxyl groups excluding tert-OH is 1. The van der Waals surface area contributed by atoms with Crippen molar-refractivity contribution in [1.29, 1.82) is 0 Å². The Kier molecular flexibility index (Phi) is 4.19. The van der Waals surface area contributed by atoms with Crippen molar-refractivity contribution in [2.45, 2.75) is 26.4 Å². The Morgan fingerprint density at radius 1 is 1.32 bits per heavy atom. The highest BCUT2D eigenvalue weighted by Crippen LogP contribution is 2.29. The van der Waals surface area contributed by atoms with Crippen molar-refractivity contribution in [1.82, 2.24) is 9.78 Å². The molecule has 1 N–H and O–H groups in total. The minimum atomic E-state index is -0.687. The molecule has 0 saturated heterocycles. The number of aryl methyl sites for hydroxylation is 3. The van der Waals surface area contributed by atoms with Crippen molar-refractivity contribution >= 4 is 23.2 Å². The molecule has 1 atom stereocenters. The minimum Gasteiger partial charge on any atom is -0.388 e. The van der Waals surface area contributed by atoms with Gasteiger partial charge in [-0.25, -0.2) is 0 Å². The summed E-state index contributed by atoms with van der Waals surface area (Å²) in [4.78, 5) is 0. The van der Waals surface area contributed by atoms with E-state index in [9.17, 15) is 5.11 Å². The van der Waals surface area contributed by atoms with E-state index in [1.165, 1.54) is 0 Å². The molecule has 102 valence electrons. The van der Waals surface area contributed by atoms with Gasteiger partial charge >= 0.3 is 0 Å². The maximum absolute atomic E-state index is 10.3. The molecule has 1 unspecified atom stereocenters. The zero-order valence-corrected chi connectivity index (χ0v) is 12.6. The van der Waals surface area contributed by atoms with E-state index in [0.29, 0.717) is 22.2 Å². The summed E-state index contributed by atoms with van der Waals surface area (Å²) >= 11 is 12.3. The zero-order chi connectivity index (χ0) is 14.2. The average molecular weight is 299 g/mol. The molecular formula is C14H16Cl2N2O. The van der Waals surface area contributed by atoms with Crippen LogP contribution in [0.1, 0.15) is 28.5 Å².